The van der Waals surface area contributed by atoms with Gasteiger partial charge in [-0.05, 0) is 50.5 Å². The molecular weight excluding hydrogens is 548 g/mol. The zero-order valence-electron chi connectivity index (χ0n) is 24.7. The number of hydrogen-bond acceptors (Lipinski definition) is 11. The highest BCUT2D eigenvalue weighted by atomic mass is 16.6. The van der Waals surface area contributed by atoms with Gasteiger partial charge in [-0.1, -0.05) is 25.1 Å². The minimum atomic E-state index is -1.76. The zero-order chi connectivity index (χ0) is 31.0. The van der Waals surface area contributed by atoms with Crippen molar-refractivity contribution in [1.82, 2.24) is 0 Å². The highest BCUT2D eigenvalue weighted by Gasteiger charge is 2.79. The van der Waals surface area contributed by atoms with E-state index >= 15 is 0 Å². The van der Waals surface area contributed by atoms with Gasteiger partial charge in [0.25, 0.3) is 0 Å². The SMILES string of the molecule is CC(=O)OC1[C@H]2[C@@](C)(C(O)CC3OC[C@]32OC(C)=O)C(O)C(OC(=O)c2ccccc2)C2=C(C)C(O)C[C@@]21C(C)(C)O. The number of ether oxygens (including phenoxy) is 4. The third-order valence-electron chi connectivity index (χ3n) is 10.3. The first kappa shape index (κ1) is 30.6. The van der Waals surface area contributed by atoms with Crippen LogP contribution < -0.4 is 0 Å². The van der Waals surface area contributed by atoms with Crippen LogP contribution in [0.1, 0.15) is 64.7 Å². The topological polar surface area (TPSA) is 169 Å². The largest absolute Gasteiger partial charge is 0.461 e. The molecular formula is C31H40O11. The average Bonchev–Trinajstić information content (AvgIpc) is 3.14. The fourth-order valence-corrected chi connectivity index (χ4v) is 8.27. The summed E-state index contributed by atoms with van der Waals surface area (Å²) in [4.78, 5) is 38.9. The molecule has 10 atom stereocenters. The van der Waals surface area contributed by atoms with Crippen LogP contribution in [0.3, 0.4) is 0 Å². The van der Waals surface area contributed by atoms with Crippen LogP contribution in [-0.2, 0) is 28.5 Å². The van der Waals surface area contributed by atoms with E-state index < -0.39 is 82.5 Å². The molecule has 1 aromatic rings. The molecule has 0 radical (unpaired) electrons. The summed E-state index contributed by atoms with van der Waals surface area (Å²) in [6.45, 7) is 8.48. The van der Waals surface area contributed by atoms with E-state index in [9.17, 15) is 34.8 Å². The number of hydrogen-bond donors (Lipinski definition) is 4. The second-order valence-electron chi connectivity index (χ2n) is 13.0. The maximum absolute atomic E-state index is 13.5. The monoisotopic (exact) mass is 588 g/mol. The van der Waals surface area contributed by atoms with Crippen molar-refractivity contribution in [1.29, 1.82) is 0 Å². The Labute approximate surface area is 244 Å². The van der Waals surface area contributed by atoms with Crippen molar-refractivity contribution in [2.45, 2.75) is 102 Å². The van der Waals surface area contributed by atoms with Gasteiger partial charge in [0.15, 0.2) is 11.7 Å². The Hall–Kier alpha value is -2.83. The molecule has 11 nitrogen and oxygen atoms in total. The molecule has 0 aromatic heterocycles. The predicted octanol–water partition coefficient (Wildman–Crippen LogP) is 1.44. The normalized spacial score (nSPS) is 41.0. The number of carbonyl (C=O) groups excluding carboxylic acids is 3. The summed E-state index contributed by atoms with van der Waals surface area (Å²) in [6, 6.07) is 8.14. The molecule has 1 heterocycles. The van der Waals surface area contributed by atoms with Crippen molar-refractivity contribution in [3.63, 3.8) is 0 Å². The molecule has 1 aliphatic heterocycles. The van der Waals surface area contributed by atoms with Crippen LogP contribution in [0.2, 0.25) is 0 Å². The van der Waals surface area contributed by atoms with Crippen molar-refractivity contribution in [2.75, 3.05) is 6.61 Å². The van der Waals surface area contributed by atoms with E-state index in [1.807, 2.05) is 0 Å². The molecule has 42 heavy (non-hydrogen) atoms. The summed E-state index contributed by atoms with van der Waals surface area (Å²) in [5.41, 5.74) is -5.78. The van der Waals surface area contributed by atoms with Crippen molar-refractivity contribution in [3.8, 4) is 0 Å². The first-order valence-electron chi connectivity index (χ1n) is 14.2. The van der Waals surface area contributed by atoms with Gasteiger partial charge in [-0.2, -0.15) is 0 Å². The van der Waals surface area contributed by atoms with Crippen molar-refractivity contribution in [3.05, 3.63) is 47.0 Å². The minimum absolute atomic E-state index is 0.0281. The zero-order valence-corrected chi connectivity index (χ0v) is 24.7. The van der Waals surface area contributed by atoms with Gasteiger partial charge in [0.2, 0.25) is 0 Å². The highest BCUT2D eigenvalue weighted by molar-refractivity contribution is 5.89. The van der Waals surface area contributed by atoms with E-state index in [0.29, 0.717) is 5.57 Å². The Balaban J connectivity index is 1.83. The van der Waals surface area contributed by atoms with E-state index in [1.54, 1.807) is 44.2 Å². The summed E-state index contributed by atoms with van der Waals surface area (Å²) < 4.78 is 23.9. The van der Waals surface area contributed by atoms with Crippen LogP contribution in [0.5, 0.6) is 0 Å². The van der Waals surface area contributed by atoms with Crippen LogP contribution in [0.4, 0.5) is 0 Å². The first-order chi connectivity index (χ1) is 19.5. The van der Waals surface area contributed by atoms with E-state index in [2.05, 4.69) is 0 Å². The number of rotatable bonds is 5. The third kappa shape index (κ3) is 4.16. The number of benzene rings is 1. The lowest BCUT2D eigenvalue weighted by molar-refractivity contribution is -0.352. The summed E-state index contributed by atoms with van der Waals surface area (Å²) in [5, 5.41) is 47.4. The van der Waals surface area contributed by atoms with E-state index in [-0.39, 0.29) is 30.6 Å². The summed E-state index contributed by atoms with van der Waals surface area (Å²) >= 11 is 0. The molecule has 2 saturated carbocycles. The smallest absolute Gasteiger partial charge is 0.338 e. The molecule has 4 aliphatic rings. The van der Waals surface area contributed by atoms with Gasteiger partial charge in [0.1, 0.15) is 18.3 Å². The molecule has 6 unspecified atom stereocenters. The Kier molecular flexibility index (Phi) is 7.38. The Bertz CT molecular complexity index is 1300. The van der Waals surface area contributed by atoms with Gasteiger partial charge in [0.05, 0.1) is 41.3 Å². The fraction of sp³-hybridized carbons (Fsp3) is 0.645. The predicted molar refractivity (Wildman–Crippen MR) is 146 cm³/mol. The maximum atomic E-state index is 13.5. The van der Waals surface area contributed by atoms with Crippen LogP contribution in [-0.4, -0.2) is 92.8 Å². The quantitative estimate of drug-likeness (QED) is 0.223. The van der Waals surface area contributed by atoms with E-state index in [0.717, 1.165) is 0 Å². The van der Waals surface area contributed by atoms with Crippen molar-refractivity contribution < 1.29 is 53.8 Å². The van der Waals surface area contributed by atoms with Gasteiger partial charge in [-0.25, -0.2) is 4.79 Å². The number of fused-ring (bicyclic) bond motifs is 4. The molecule has 1 saturated heterocycles. The molecule has 3 aliphatic carbocycles. The van der Waals surface area contributed by atoms with Gasteiger partial charge in [0, 0.05) is 25.7 Å². The molecule has 1 aromatic carbocycles. The molecule has 0 amide bonds. The van der Waals surface area contributed by atoms with Crippen molar-refractivity contribution in [2.24, 2.45) is 16.7 Å². The summed E-state index contributed by atoms with van der Waals surface area (Å²) in [5.74, 6) is -3.31. The van der Waals surface area contributed by atoms with Crippen LogP contribution >= 0.6 is 0 Å². The molecule has 5 rings (SSSR count). The van der Waals surface area contributed by atoms with Crippen molar-refractivity contribution >= 4 is 17.9 Å². The number of carbonyl (C=O) groups is 3. The maximum Gasteiger partial charge on any atom is 0.338 e. The van der Waals surface area contributed by atoms with Crippen LogP contribution in [0.15, 0.2) is 41.5 Å². The second-order valence-corrected chi connectivity index (χ2v) is 13.0. The van der Waals surface area contributed by atoms with Gasteiger partial charge < -0.3 is 39.4 Å². The molecule has 0 spiro atoms. The molecule has 4 N–H and O–H groups in total. The number of aliphatic hydroxyl groups is 4. The number of esters is 3. The van der Waals surface area contributed by atoms with Gasteiger partial charge in [-0.3, -0.25) is 9.59 Å². The lowest BCUT2D eigenvalue weighted by Gasteiger charge is -2.65. The summed E-state index contributed by atoms with van der Waals surface area (Å²) in [6.07, 6.45) is -7.96. The van der Waals surface area contributed by atoms with E-state index in [1.165, 1.54) is 27.7 Å². The highest BCUT2D eigenvalue weighted by Crippen LogP contribution is 2.68. The molecule has 0 bridgehead atoms. The average molecular weight is 589 g/mol. The molecule has 230 valence electrons. The van der Waals surface area contributed by atoms with Gasteiger partial charge in [-0.15, -0.1) is 0 Å². The molecule has 3 fully saturated rings. The van der Waals surface area contributed by atoms with Gasteiger partial charge >= 0.3 is 17.9 Å². The Morgan fingerprint density at radius 2 is 1.67 bits per heavy atom. The minimum Gasteiger partial charge on any atom is -0.461 e. The Morgan fingerprint density at radius 3 is 2.19 bits per heavy atom. The number of aliphatic hydroxyl groups excluding tert-OH is 3. The fourth-order valence-electron chi connectivity index (χ4n) is 8.27. The Morgan fingerprint density at radius 1 is 1.02 bits per heavy atom. The molecule has 11 heteroatoms. The standard InChI is InChI=1S/C31H40O11/c1-15-19(34)13-30(28(4,5)38)22(15)23(41-27(37)18-10-8-7-9-11-18)25(36)29(6)20(35)12-21-31(14-39-21,42-17(3)33)24(29)26(30)40-16(2)32/h7-11,19-21,23-26,34-36,38H,12-14H2,1-6H3/t19?,20?,21?,23?,24-,25?,26?,29+,30+,31-/m0/s1. The van der Waals surface area contributed by atoms with Crippen LogP contribution in [0.25, 0.3) is 0 Å². The first-order valence-corrected chi connectivity index (χ1v) is 14.2. The lowest BCUT2D eigenvalue weighted by atomic mass is 9.49. The summed E-state index contributed by atoms with van der Waals surface area (Å²) in [7, 11) is 0. The lowest BCUT2D eigenvalue weighted by Crippen LogP contribution is -2.78. The van der Waals surface area contributed by atoms with E-state index in [4.69, 9.17) is 18.9 Å². The third-order valence-corrected chi connectivity index (χ3v) is 10.3. The van der Waals surface area contributed by atoms with Crippen LogP contribution in [0, 0.1) is 16.7 Å². The second kappa shape index (κ2) is 10.1.